The molecule has 2 atom stereocenters. The van der Waals surface area contributed by atoms with Crippen molar-refractivity contribution in [3.63, 3.8) is 0 Å². The quantitative estimate of drug-likeness (QED) is 0.877. The van der Waals surface area contributed by atoms with E-state index in [-0.39, 0.29) is 11.3 Å². The molecule has 1 aromatic rings. The van der Waals surface area contributed by atoms with Gasteiger partial charge in [0.25, 0.3) is 0 Å². The molecular formula is C16H23BrN2O. The molecule has 0 saturated heterocycles. The van der Waals surface area contributed by atoms with Crippen LogP contribution in [0.3, 0.4) is 0 Å². The minimum Gasteiger partial charge on any atom is -0.371 e. The summed E-state index contributed by atoms with van der Waals surface area (Å²) in [7, 11) is 0. The number of hydrogen-bond donors (Lipinski definition) is 2. The van der Waals surface area contributed by atoms with Gasteiger partial charge in [-0.05, 0) is 54.9 Å². The van der Waals surface area contributed by atoms with Crippen LogP contribution in [0.2, 0.25) is 0 Å². The highest BCUT2D eigenvalue weighted by atomic mass is 79.9. The van der Waals surface area contributed by atoms with E-state index in [0.29, 0.717) is 5.92 Å². The Morgan fingerprint density at radius 1 is 1.30 bits per heavy atom. The van der Waals surface area contributed by atoms with Crippen LogP contribution in [0.4, 0.5) is 5.69 Å². The molecule has 1 amide bonds. The maximum absolute atomic E-state index is 12.1. The second-order valence-corrected chi connectivity index (χ2v) is 7.85. The molecule has 110 valence electrons. The van der Waals surface area contributed by atoms with Gasteiger partial charge in [0.15, 0.2) is 0 Å². The van der Waals surface area contributed by atoms with E-state index >= 15 is 0 Å². The Kier molecular flexibility index (Phi) is 4.14. The zero-order valence-electron chi connectivity index (χ0n) is 12.4. The monoisotopic (exact) mass is 338 g/mol. The van der Waals surface area contributed by atoms with Crippen molar-refractivity contribution in [2.75, 3.05) is 5.32 Å². The molecule has 0 aliphatic heterocycles. The average Bonchev–Trinajstić information content (AvgIpc) is 2.29. The summed E-state index contributed by atoms with van der Waals surface area (Å²) in [5.74, 6) is 0.231. The van der Waals surface area contributed by atoms with Crippen LogP contribution in [0.1, 0.15) is 40.0 Å². The van der Waals surface area contributed by atoms with E-state index in [2.05, 4.69) is 42.0 Å². The molecule has 0 bridgehead atoms. The normalized spacial score (nSPS) is 28.9. The van der Waals surface area contributed by atoms with Gasteiger partial charge < -0.3 is 11.1 Å². The van der Waals surface area contributed by atoms with Crippen molar-refractivity contribution in [2.24, 2.45) is 17.1 Å². The maximum Gasteiger partial charge on any atom is 0.243 e. The van der Waals surface area contributed by atoms with Crippen molar-refractivity contribution in [1.29, 1.82) is 0 Å². The summed E-state index contributed by atoms with van der Waals surface area (Å²) in [6.07, 6.45) is 2.70. The fourth-order valence-corrected chi connectivity index (χ4v) is 3.99. The molecule has 2 unspecified atom stereocenters. The topological polar surface area (TPSA) is 55.1 Å². The van der Waals surface area contributed by atoms with Gasteiger partial charge in [0.1, 0.15) is 5.54 Å². The lowest BCUT2D eigenvalue weighted by molar-refractivity contribution is -0.125. The minimum absolute atomic E-state index is 0.120. The standard InChI is InChI=1S/C16H23BrN2O/c1-11-8-15(2,3)10-16(9-11,14(18)20)19-13-6-4-12(17)5-7-13/h4-7,11,19H,8-10H2,1-3H3,(H2,18,20). The first-order valence-electron chi connectivity index (χ1n) is 7.06. The van der Waals surface area contributed by atoms with Crippen molar-refractivity contribution in [1.82, 2.24) is 0 Å². The summed E-state index contributed by atoms with van der Waals surface area (Å²) in [6.45, 7) is 6.62. The number of benzene rings is 1. The summed E-state index contributed by atoms with van der Waals surface area (Å²) in [6, 6.07) is 7.88. The average molecular weight is 339 g/mol. The number of anilines is 1. The number of hydrogen-bond acceptors (Lipinski definition) is 2. The summed E-state index contributed by atoms with van der Waals surface area (Å²) < 4.78 is 1.02. The first-order valence-corrected chi connectivity index (χ1v) is 7.85. The number of carbonyl (C=O) groups is 1. The maximum atomic E-state index is 12.1. The van der Waals surface area contributed by atoms with Crippen molar-refractivity contribution in [3.05, 3.63) is 28.7 Å². The zero-order chi connectivity index (χ0) is 15.0. The molecule has 3 N–H and O–H groups in total. The summed E-state index contributed by atoms with van der Waals surface area (Å²) in [5.41, 5.74) is 6.17. The molecule has 20 heavy (non-hydrogen) atoms. The highest BCUT2D eigenvalue weighted by Gasteiger charge is 2.46. The van der Waals surface area contributed by atoms with Crippen LogP contribution >= 0.6 is 15.9 Å². The number of nitrogens with two attached hydrogens (primary N) is 1. The van der Waals surface area contributed by atoms with Crippen LogP contribution in [0.5, 0.6) is 0 Å². The lowest BCUT2D eigenvalue weighted by Gasteiger charge is -2.46. The Labute approximate surface area is 129 Å². The Morgan fingerprint density at radius 3 is 2.40 bits per heavy atom. The van der Waals surface area contributed by atoms with Crippen LogP contribution in [-0.2, 0) is 4.79 Å². The molecule has 0 heterocycles. The molecular weight excluding hydrogens is 316 g/mol. The molecule has 0 radical (unpaired) electrons. The van der Waals surface area contributed by atoms with E-state index in [4.69, 9.17) is 5.73 Å². The molecule has 1 aliphatic carbocycles. The van der Waals surface area contributed by atoms with Crippen LogP contribution in [-0.4, -0.2) is 11.4 Å². The third-order valence-corrected chi connectivity index (χ3v) is 4.61. The van der Waals surface area contributed by atoms with Crippen LogP contribution in [0.15, 0.2) is 28.7 Å². The van der Waals surface area contributed by atoms with Gasteiger partial charge in [-0.2, -0.15) is 0 Å². The summed E-state index contributed by atoms with van der Waals surface area (Å²) in [4.78, 5) is 12.1. The largest absolute Gasteiger partial charge is 0.371 e. The molecule has 1 aliphatic rings. The van der Waals surface area contributed by atoms with Gasteiger partial charge in [-0.1, -0.05) is 36.7 Å². The van der Waals surface area contributed by atoms with E-state index in [9.17, 15) is 4.79 Å². The highest BCUT2D eigenvalue weighted by Crippen LogP contribution is 2.45. The molecule has 3 nitrogen and oxygen atoms in total. The number of halogens is 1. The lowest BCUT2D eigenvalue weighted by Crippen LogP contribution is -2.56. The van der Waals surface area contributed by atoms with Crippen molar-refractivity contribution < 1.29 is 4.79 Å². The second kappa shape index (κ2) is 5.40. The van der Waals surface area contributed by atoms with Gasteiger partial charge in [0, 0.05) is 10.2 Å². The molecule has 2 rings (SSSR count). The van der Waals surface area contributed by atoms with Gasteiger partial charge in [-0.15, -0.1) is 0 Å². The van der Waals surface area contributed by atoms with Gasteiger partial charge in [0.05, 0.1) is 0 Å². The fourth-order valence-electron chi connectivity index (χ4n) is 3.73. The van der Waals surface area contributed by atoms with Crippen molar-refractivity contribution in [2.45, 2.75) is 45.6 Å². The fraction of sp³-hybridized carbons (Fsp3) is 0.562. The third-order valence-electron chi connectivity index (χ3n) is 4.08. The van der Waals surface area contributed by atoms with Crippen molar-refractivity contribution >= 4 is 27.5 Å². The first-order chi connectivity index (χ1) is 9.22. The molecule has 1 saturated carbocycles. The van der Waals surface area contributed by atoms with Gasteiger partial charge in [-0.3, -0.25) is 4.79 Å². The second-order valence-electron chi connectivity index (χ2n) is 6.93. The smallest absolute Gasteiger partial charge is 0.243 e. The Morgan fingerprint density at radius 2 is 1.90 bits per heavy atom. The molecule has 1 aromatic carbocycles. The Hall–Kier alpha value is -1.03. The number of carbonyl (C=O) groups excluding carboxylic acids is 1. The lowest BCUT2D eigenvalue weighted by atomic mass is 9.64. The zero-order valence-corrected chi connectivity index (χ0v) is 14.0. The summed E-state index contributed by atoms with van der Waals surface area (Å²) >= 11 is 3.42. The van der Waals surface area contributed by atoms with Crippen LogP contribution in [0.25, 0.3) is 0 Å². The predicted molar refractivity (Wildman–Crippen MR) is 86.5 cm³/mol. The van der Waals surface area contributed by atoms with Gasteiger partial charge in [-0.25, -0.2) is 0 Å². The van der Waals surface area contributed by atoms with Crippen LogP contribution < -0.4 is 11.1 Å². The van der Waals surface area contributed by atoms with Crippen LogP contribution in [0, 0.1) is 11.3 Å². The summed E-state index contributed by atoms with van der Waals surface area (Å²) in [5, 5.41) is 3.41. The predicted octanol–water partition coefficient (Wildman–Crippen LogP) is 3.93. The Balaban J connectivity index is 2.30. The number of primary amides is 1. The minimum atomic E-state index is -0.644. The highest BCUT2D eigenvalue weighted by molar-refractivity contribution is 9.10. The van der Waals surface area contributed by atoms with Gasteiger partial charge in [0.2, 0.25) is 5.91 Å². The number of nitrogens with one attached hydrogen (secondary N) is 1. The number of rotatable bonds is 3. The molecule has 0 spiro atoms. The van der Waals surface area contributed by atoms with E-state index in [1.165, 1.54) is 0 Å². The van der Waals surface area contributed by atoms with Gasteiger partial charge >= 0.3 is 0 Å². The SMILES string of the molecule is CC1CC(C)(C)CC(Nc2ccc(Br)cc2)(C(N)=O)C1. The number of amides is 1. The molecule has 4 heteroatoms. The Bertz CT molecular complexity index is 498. The third kappa shape index (κ3) is 3.35. The molecule has 0 aromatic heterocycles. The van der Waals surface area contributed by atoms with E-state index in [1.807, 2.05) is 24.3 Å². The first kappa shape index (κ1) is 15.4. The van der Waals surface area contributed by atoms with E-state index in [0.717, 1.165) is 29.4 Å². The van der Waals surface area contributed by atoms with Crippen molar-refractivity contribution in [3.8, 4) is 0 Å². The van der Waals surface area contributed by atoms with E-state index < -0.39 is 5.54 Å². The van der Waals surface area contributed by atoms with E-state index in [1.54, 1.807) is 0 Å². The molecule has 1 fully saturated rings.